The maximum Gasteiger partial charge on any atom is 0.417 e. The van der Waals surface area contributed by atoms with Gasteiger partial charge in [-0.25, -0.2) is 23.2 Å². The normalized spacial score (nSPS) is 18.5. The molecule has 0 bridgehead atoms. The summed E-state index contributed by atoms with van der Waals surface area (Å²) in [5.74, 6) is 0.694. The van der Waals surface area contributed by atoms with E-state index in [1.54, 1.807) is 30.3 Å². The van der Waals surface area contributed by atoms with E-state index in [1.807, 2.05) is 25.7 Å². The zero-order chi connectivity index (χ0) is 30.3. The van der Waals surface area contributed by atoms with Crippen LogP contribution in [0, 0.1) is 0 Å². The molecule has 224 valence electrons. The number of hydrogen-bond donors (Lipinski definition) is 2. The summed E-state index contributed by atoms with van der Waals surface area (Å²) in [6.07, 6.45) is -4.58. The van der Waals surface area contributed by atoms with E-state index < -0.39 is 31.2 Å². The van der Waals surface area contributed by atoms with Gasteiger partial charge in [0.1, 0.15) is 10.6 Å². The Morgan fingerprint density at radius 2 is 1.79 bits per heavy atom. The zero-order valence-corrected chi connectivity index (χ0v) is 24.2. The van der Waals surface area contributed by atoms with Crippen molar-refractivity contribution in [1.82, 2.24) is 15.3 Å². The van der Waals surface area contributed by atoms with Crippen LogP contribution in [0.3, 0.4) is 0 Å². The minimum atomic E-state index is -4.84. The van der Waals surface area contributed by atoms with Crippen molar-refractivity contribution in [2.75, 3.05) is 30.0 Å². The monoisotopic (exact) mass is 603 g/mol. The average Bonchev–Trinajstić information content (AvgIpc) is 3.76. The molecule has 0 unspecified atom stereocenters. The van der Waals surface area contributed by atoms with Gasteiger partial charge in [0.15, 0.2) is 15.7 Å². The number of aromatic nitrogens is 2. The second-order valence-electron chi connectivity index (χ2n) is 10.9. The van der Waals surface area contributed by atoms with Crippen molar-refractivity contribution >= 4 is 27.4 Å². The summed E-state index contributed by atoms with van der Waals surface area (Å²) >= 11 is 0. The summed E-state index contributed by atoms with van der Waals surface area (Å²) in [5.41, 5.74) is 0.0339. The van der Waals surface area contributed by atoms with E-state index in [9.17, 15) is 26.4 Å². The molecule has 5 rings (SSSR count). The molecule has 1 aliphatic carbocycles. The van der Waals surface area contributed by atoms with Crippen LogP contribution in [0.4, 0.5) is 29.5 Å². The first-order chi connectivity index (χ1) is 19.8. The first-order valence-corrected chi connectivity index (χ1v) is 15.1. The number of carbonyl (C=O) groups is 1. The van der Waals surface area contributed by atoms with Crippen molar-refractivity contribution in [1.29, 1.82) is 0 Å². The molecule has 2 amide bonds. The summed E-state index contributed by atoms with van der Waals surface area (Å²) in [6, 6.07) is 12.1. The number of amides is 2. The van der Waals surface area contributed by atoms with Gasteiger partial charge in [0.25, 0.3) is 0 Å². The summed E-state index contributed by atoms with van der Waals surface area (Å²) in [7, 11) is -4.49. The molecule has 0 radical (unpaired) electrons. The van der Waals surface area contributed by atoms with Crippen molar-refractivity contribution in [3.63, 3.8) is 0 Å². The standard InChI is InChI=1S/C29H32F3N5O4S/c1-18(2)33-27(38)34-21-10-8-20(9-11-21)26-35-24(16-25(36-26)37-14-15-41-17-19(37)3)28(12-13-28)42(39,40)23-7-5-4-6-22(23)29(30,31)32/h4-11,16,18-19H,12-15,17H2,1-3H3,(H2,33,34,38)/t19-/m0/s1. The Kier molecular flexibility index (Phi) is 7.92. The minimum Gasteiger partial charge on any atom is -0.377 e. The number of carbonyl (C=O) groups excluding carboxylic acids is 1. The van der Waals surface area contributed by atoms with E-state index in [4.69, 9.17) is 9.72 Å². The number of morpholine rings is 1. The Balaban J connectivity index is 1.58. The third-order valence-electron chi connectivity index (χ3n) is 7.36. The van der Waals surface area contributed by atoms with Gasteiger partial charge in [0.2, 0.25) is 0 Å². The summed E-state index contributed by atoms with van der Waals surface area (Å²) < 4.78 is 73.5. The number of ether oxygens (including phenoxy) is 1. The molecule has 2 N–H and O–H groups in total. The lowest BCUT2D eigenvalue weighted by Crippen LogP contribution is -2.44. The van der Waals surface area contributed by atoms with E-state index in [0.29, 0.717) is 36.8 Å². The predicted octanol–water partition coefficient (Wildman–Crippen LogP) is 5.38. The van der Waals surface area contributed by atoms with Gasteiger partial charge in [-0.2, -0.15) is 13.2 Å². The Morgan fingerprint density at radius 3 is 2.40 bits per heavy atom. The number of urea groups is 1. The van der Waals surface area contributed by atoms with Gasteiger partial charge in [0.05, 0.1) is 35.4 Å². The van der Waals surface area contributed by atoms with E-state index >= 15 is 0 Å². The molecule has 9 nitrogen and oxygen atoms in total. The van der Waals surface area contributed by atoms with Gasteiger partial charge >= 0.3 is 12.2 Å². The molecule has 0 spiro atoms. The summed E-state index contributed by atoms with van der Waals surface area (Å²) in [4.78, 5) is 22.7. The molecular formula is C29H32F3N5O4S. The highest BCUT2D eigenvalue weighted by Crippen LogP contribution is 2.56. The van der Waals surface area contributed by atoms with E-state index in [2.05, 4.69) is 15.6 Å². The Bertz CT molecular complexity index is 1570. The second-order valence-corrected chi connectivity index (χ2v) is 13.1. The first kappa shape index (κ1) is 29.8. The van der Waals surface area contributed by atoms with Crippen molar-refractivity contribution in [2.45, 2.75) is 61.5 Å². The number of rotatable bonds is 7. The Morgan fingerprint density at radius 1 is 1.10 bits per heavy atom. The molecule has 42 heavy (non-hydrogen) atoms. The predicted molar refractivity (Wildman–Crippen MR) is 152 cm³/mol. The van der Waals surface area contributed by atoms with Gasteiger partial charge < -0.3 is 20.3 Å². The largest absolute Gasteiger partial charge is 0.417 e. The molecule has 1 saturated heterocycles. The molecule has 1 aromatic heterocycles. The van der Waals surface area contributed by atoms with Gasteiger partial charge in [0, 0.05) is 29.9 Å². The first-order valence-electron chi connectivity index (χ1n) is 13.6. The van der Waals surface area contributed by atoms with Crippen LogP contribution < -0.4 is 15.5 Å². The SMILES string of the molecule is CC(C)NC(=O)Nc1ccc(-c2nc(N3CCOC[C@@H]3C)cc(C3(S(=O)(=O)c4ccccc4C(F)(F)F)CC3)n2)cc1. The molecule has 1 saturated carbocycles. The van der Waals surface area contributed by atoms with Gasteiger partial charge in [-0.3, -0.25) is 0 Å². The fourth-order valence-corrected chi connectivity index (χ4v) is 7.24. The van der Waals surface area contributed by atoms with E-state index in [1.165, 1.54) is 12.1 Å². The van der Waals surface area contributed by atoms with Crippen LogP contribution in [-0.4, -0.2) is 56.3 Å². The molecular weight excluding hydrogens is 571 g/mol. The van der Waals surface area contributed by atoms with Crippen molar-refractivity contribution in [3.8, 4) is 11.4 Å². The Hall–Kier alpha value is -3.71. The lowest BCUT2D eigenvalue weighted by molar-refractivity contribution is -0.139. The van der Waals surface area contributed by atoms with Crippen LogP contribution in [0.5, 0.6) is 0 Å². The number of nitrogens with zero attached hydrogens (tertiary/aromatic N) is 3. The zero-order valence-electron chi connectivity index (χ0n) is 23.4. The lowest BCUT2D eigenvalue weighted by Gasteiger charge is -2.35. The van der Waals surface area contributed by atoms with Crippen LogP contribution in [0.2, 0.25) is 0 Å². The Labute approximate surface area is 242 Å². The topological polar surface area (TPSA) is 114 Å². The lowest BCUT2D eigenvalue weighted by atomic mass is 10.1. The fraction of sp³-hybridized carbons (Fsp3) is 0.414. The van der Waals surface area contributed by atoms with E-state index in [-0.39, 0.29) is 42.5 Å². The van der Waals surface area contributed by atoms with Crippen LogP contribution in [0.25, 0.3) is 11.4 Å². The van der Waals surface area contributed by atoms with Gasteiger partial charge in [-0.05, 0) is 70.0 Å². The van der Waals surface area contributed by atoms with Crippen LogP contribution >= 0.6 is 0 Å². The quantitative estimate of drug-likeness (QED) is 0.373. The smallest absolute Gasteiger partial charge is 0.377 e. The van der Waals surface area contributed by atoms with E-state index in [0.717, 1.165) is 12.1 Å². The molecule has 2 heterocycles. The number of anilines is 2. The summed E-state index contributed by atoms with van der Waals surface area (Å²) in [6.45, 7) is 7.02. The van der Waals surface area contributed by atoms with Crippen LogP contribution in [0.15, 0.2) is 59.5 Å². The number of sulfone groups is 1. The average molecular weight is 604 g/mol. The third-order valence-corrected chi connectivity index (χ3v) is 9.94. The number of benzene rings is 2. The molecule has 1 atom stereocenters. The van der Waals surface area contributed by atoms with Crippen molar-refractivity contribution < 1.29 is 31.1 Å². The summed E-state index contributed by atoms with van der Waals surface area (Å²) in [5, 5.41) is 5.48. The molecule has 2 aromatic carbocycles. The minimum absolute atomic E-state index is 0.0458. The van der Waals surface area contributed by atoms with Gasteiger partial charge in [-0.15, -0.1) is 0 Å². The number of halogens is 3. The molecule has 13 heteroatoms. The van der Waals surface area contributed by atoms with Crippen LogP contribution in [-0.2, 0) is 25.5 Å². The highest BCUT2D eigenvalue weighted by molar-refractivity contribution is 7.92. The molecule has 1 aliphatic heterocycles. The van der Waals surface area contributed by atoms with Crippen LogP contribution in [0.1, 0.15) is 44.9 Å². The van der Waals surface area contributed by atoms with Gasteiger partial charge in [-0.1, -0.05) is 12.1 Å². The highest BCUT2D eigenvalue weighted by Gasteiger charge is 2.59. The molecule has 2 aliphatic rings. The fourth-order valence-electron chi connectivity index (χ4n) is 5.07. The molecule has 3 aromatic rings. The molecule has 2 fully saturated rings. The number of nitrogens with one attached hydrogen (secondary N) is 2. The second kappa shape index (κ2) is 11.2. The number of hydrogen-bond acceptors (Lipinski definition) is 7. The maximum absolute atomic E-state index is 14.0. The third kappa shape index (κ3) is 5.80. The number of alkyl halides is 3. The van der Waals surface area contributed by atoms with Crippen molar-refractivity contribution in [2.24, 2.45) is 0 Å². The van der Waals surface area contributed by atoms with Crippen molar-refractivity contribution in [3.05, 3.63) is 65.9 Å². The highest BCUT2D eigenvalue weighted by atomic mass is 32.2. The maximum atomic E-state index is 14.0.